The van der Waals surface area contributed by atoms with Crippen molar-refractivity contribution in [1.29, 1.82) is 0 Å². The van der Waals surface area contributed by atoms with Gasteiger partial charge in [-0.25, -0.2) is 8.78 Å². The fourth-order valence-electron chi connectivity index (χ4n) is 3.28. The molecular weight excluding hydrogens is 354 g/mol. The van der Waals surface area contributed by atoms with Gasteiger partial charge in [0.15, 0.2) is 11.6 Å². The summed E-state index contributed by atoms with van der Waals surface area (Å²) in [7, 11) is 0. The Kier molecular flexibility index (Phi) is 3.37. The van der Waals surface area contributed by atoms with Crippen molar-refractivity contribution in [3.63, 3.8) is 0 Å². The maximum atomic E-state index is 14.0. The molecule has 6 heteroatoms. The third kappa shape index (κ3) is 2.49. The Morgan fingerprint density at radius 2 is 1.88 bits per heavy atom. The minimum absolute atomic E-state index is 0.0151. The van der Waals surface area contributed by atoms with Crippen LogP contribution in [0.2, 0.25) is 0 Å². The first kappa shape index (κ1) is 15.5. The Hall–Kier alpha value is -2.73. The molecule has 2 heterocycles. The van der Waals surface area contributed by atoms with Crippen LogP contribution in [0.25, 0.3) is 21.0 Å². The van der Waals surface area contributed by atoms with Crippen molar-refractivity contribution in [2.45, 2.75) is 18.8 Å². The summed E-state index contributed by atoms with van der Waals surface area (Å²) in [4.78, 5) is 4.45. The summed E-state index contributed by atoms with van der Waals surface area (Å²) >= 11 is 1.70. The maximum Gasteiger partial charge on any atom is 0.167 e. The van der Waals surface area contributed by atoms with Crippen LogP contribution in [0, 0.1) is 11.6 Å². The highest BCUT2D eigenvalue weighted by Crippen LogP contribution is 2.46. The Labute approximate surface area is 151 Å². The first-order valence-corrected chi connectivity index (χ1v) is 9.23. The van der Waals surface area contributed by atoms with Crippen LogP contribution >= 0.6 is 11.3 Å². The summed E-state index contributed by atoms with van der Waals surface area (Å²) in [5, 5.41) is 16.8. The lowest BCUT2D eigenvalue weighted by atomic mass is 10.1. The van der Waals surface area contributed by atoms with Gasteiger partial charge in [-0.3, -0.25) is 4.98 Å². The first-order chi connectivity index (χ1) is 12.6. The molecule has 2 aromatic heterocycles. The van der Waals surface area contributed by atoms with E-state index in [-0.39, 0.29) is 5.69 Å². The normalized spacial score (nSPS) is 14.2. The molecule has 4 aromatic rings. The van der Waals surface area contributed by atoms with Crippen molar-refractivity contribution >= 4 is 43.7 Å². The van der Waals surface area contributed by atoms with E-state index in [2.05, 4.69) is 27.8 Å². The third-order valence-electron chi connectivity index (χ3n) is 4.79. The largest absolute Gasteiger partial charge is 0.505 e. The van der Waals surface area contributed by atoms with E-state index in [4.69, 9.17) is 0 Å². The van der Waals surface area contributed by atoms with E-state index in [1.54, 1.807) is 23.6 Å². The number of halogens is 2. The van der Waals surface area contributed by atoms with Crippen molar-refractivity contribution in [3.8, 4) is 5.75 Å². The second-order valence-corrected chi connectivity index (χ2v) is 7.51. The number of phenolic OH excluding ortho intramolecular Hbond substituents is 1. The smallest absolute Gasteiger partial charge is 0.167 e. The van der Waals surface area contributed by atoms with Gasteiger partial charge in [-0.15, -0.1) is 11.3 Å². The summed E-state index contributed by atoms with van der Waals surface area (Å²) in [5.74, 6) is -1.68. The number of thiophene rings is 1. The highest BCUT2D eigenvalue weighted by Gasteiger charge is 2.26. The SMILES string of the molecule is Oc1cc(Nc2ccnc3cc4c(C5CC5)csc4cc23)c(F)cc1F. The number of hydrogen-bond donors (Lipinski definition) is 2. The lowest BCUT2D eigenvalue weighted by Crippen LogP contribution is -1.96. The van der Waals surface area contributed by atoms with Crippen LogP contribution in [0.5, 0.6) is 5.75 Å². The summed E-state index contributed by atoms with van der Waals surface area (Å²) in [6.07, 6.45) is 4.14. The second kappa shape index (κ2) is 5.64. The van der Waals surface area contributed by atoms with Gasteiger partial charge in [0.1, 0.15) is 5.82 Å². The molecule has 26 heavy (non-hydrogen) atoms. The topological polar surface area (TPSA) is 45.1 Å². The molecule has 0 spiro atoms. The van der Waals surface area contributed by atoms with E-state index in [0.717, 1.165) is 21.7 Å². The quantitative estimate of drug-likeness (QED) is 0.462. The Balaban J connectivity index is 1.64. The number of pyridine rings is 1. The number of aromatic nitrogens is 1. The summed E-state index contributed by atoms with van der Waals surface area (Å²) in [6.45, 7) is 0. The molecule has 2 N–H and O–H groups in total. The number of fused-ring (bicyclic) bond motifs is 2. The summed E-state index contributed by atoms with van der Waals surface area (Å²) < 4.78 is 28.5. The molecular formula is C20H14F2N2OS. The predicted molar refractivity (Wildman–Crippen MR) is 100 cm³/mol. The van der Waals surface area contributed by atoms with Crippen LogP contribution in [0.15, 0.2) is 41.9 Å². The molecule has 0 aliphatic heterocycles. The highest BCUT2D eigenvalue weighted by molar-refractivity contribution is 7.17. The van der Waals surface area contributed by atoms with Gasteiger partial charge in [-0.05, 0) is 53.3 Å². The van der Waals surface area contributed by atoms with E-state index in [1.165, 1.54) is 23.8 Å². The number of nitrogens with one attached hydrogen (secondary N) is 1. The number of nitrogens with zero attached hydrogens (tertiary/aromatic N) is 1. The zero-order valence-electron chi connectivity index (χ0n) is 13.6. The van der Waals surface area contributed by atoms with Crippen LogP contribution in [0.4, 0.5) is 20.2 Å². The van der Waals surface area contributed by atoms with E-state index in [9.17, 15) is 13.9 Å². The van der Waals surface area contributed by atoms with Gasteiger partial charge in [0.2, 0.25) is 0 Å². The molecule has 2 aromatic carbocycles. The van der Waals surface area contributed by atoms with Crippen LogP contribution in [0.3, 0.4) is 0 Å². The summed E-state index contributed by atoms with van der Waals surface area (Å²) in [6, 6.07) is 7.59. The molecule has 0 radical (unpaired) electrons. The molecule has 130 valence electrons. The number of hydrogen-bond acceptors (Lipinski definition) is 4. The van der Waals surface area contributed by atoms with Gasteiger partial charge in [0.05, 0.1) is 11.2 Å². The predicted octanol–water partition coefficient (Wildman–Crippen LogP) is 6.05. The number of phenols is 1. The monoisotopic (exact) mass is 368 g/mol. The van der Waals surface area contributed by atoms with E-state index in [0.29, 0.717) is 17.7 Å². The molecule has 1 saturated carbocycles. The molecule has 1 aliphatic rings. The zero-order chi connectivity index (χ0) is 17.8. The van der Waals surface area contributed by atoms with Crippen molar-refractivity contribution < 1.29 is 13.9 Å². The average Bonchev–Trinajstić information content (AvgIpc) is 3.38. The van der Waals surface area contributed by atoms with Crippen LogP contribution < -0.4 is 5.32 Å². The fraction of sp³-hybridized carbons (Fsp3) is 0.150. The molecule has 1 fully saturated rings. The minimum atomic E-state index is -0.986. The number of anilines is 2. The Bertz CT molecular complexity index is 1170. The highest BCUT2D eigenvalue weighted by atomic mass is 32.1. The molecule has 0 saturated heterocycles. The van der Waals surface area contributed by atoms with Crippen molar-refractivity contribution in [1.82, 2.24) is 4.98 Å². The van der Waals surface area contributed by atoms with Crippen molar-refractivity contribution in [2.24, 2.45) is 0 Å². The Morgan fingerprint density at radius 3 is 2.69 bits per heavy atom. The molecule has 0 atom stereocenters. The van der Waals surface area contributed by atoms with E-state index >= 15 is 0 Å². The molecule has 5 rings (SSSR count). The lowest BCUT2D eigenvalue weighted by molar-refractivity contribution is 0.428. The third-order valence-corrected chi connectivity index (χ3v) is 5.75. The molecule has 0 unspecified atom stereocenters. The zero-order valence-corrected chi connectivity index (χ0v) is 14.4. The van der Waals surface area contributed by atoms with Crippen LogP contribution in [-0.4, -0.2) is 10.1 Å². The maximum absolute atomic E-state index is 14.0. The first-order valence-electron chi connectivity index (χ1n) is 8.35. The van der Waals surface area contributed by atoms with Gasteiger partial charge in [-0.2, -0.15) is 0 Å². The van der Waals surface area contributed by atoms with Gasteiger partial charge in [-0.1, -0.05) is 0 Å². The van der Waals surface area contributed by atoms with Gasteiger partial charge < -0.3 is 10.4 Å². The van der Waals surface area contributed by atoms with Crippen LogP contribution in [-0.2, 0) is 0 Å². The van der Waals surface area contributed by atoms with Gasteiger partial charge in [0.25, 0.3) is 0 Å². The molecule has 0 amide bonds. The van der Waals surface area contributed by atoms with Crippen LogP contribution in [0.1, 0.15) is 24.3 Å². The minimum Gasteiger partial charge on any atom is -0.505 e. The average molecular weight is 368 g/mol. The number of aromatic hydroxyl groups is 1. The second-order valence-electron chi connectivity index (χ2n) is 6.60. The van der Waals surface area contributed by atoms with Gasteiger partial charge in [0, 0.05) is 34.1 Å². The number of rotatable bonds is 3. The lowest BCUT2D eigenvalue weighted by Gasteiger charge is -2.11. The molecule has 3 nitrogen and oxygen atoms in total. The molecule has 0 bridgehead atoms. The summed E-state index contributed by atoms with van der Waals surface area (Å²) in [5.41, 5.74) is 2.88. The molecule has 1 aliphatic carbocycles. The van der Waals surface area contributed by atoms with Crippen molar-refractivity contribution in [2.75, 3.05) is 5.32 Å². The Morgan fingerprint density at radius 1 is 1.04 bits per heavy atom. The standard InChI is InChI=1S/C20H14F2N2OS/c21-14-7-15(22)19(25)8-18(14)24-16-3-4-23-17-5-11-13(10-1-2-10)9-26-20(11)6-12(16)17/h3-10,25H,1-2H2,(H,23,24). The van der Waals surface area contributed by atoms with Gasteiger partial charge >= 0.3 is 0 Å². The number of benzene rings is 2. The van der Waals surface area contributed by atoms with Crippen molar-refractivity contribution in [3.05, 3.63) is 59.1 Å². The van der Waals surface area contributed by atoms with E-state index < -0.39 is 17.4 Å². The van der Waals surface area contributed by atoms with E-state index in [1.807, 2.05) is 0 Å². The fourth-order valence-corrected chi connectivity index (χ4v) is 4.35.